The maximum atomic E-state index is 13.0. The van der Waals surface area contributed by atoms with Gasteiger partial charge in [0, 0.05) is 5.56 Å². The van der Waals surface area contributed by atoms with E-state index in [0.717, 1.165) is 38.5 Å². The van der Waals surface area contributed by atoms with Crippen molar-refractivity contribution in [2.75, 3.05) is 38.2 Å². The minimum Gasteiger partial charge on any atom is -0.495 e. The smallest absolute Gasteiger partial charge is 0.142 e. The monoisotopic (exact) mass is 301 g/mol. The first kappa shape index (κ1) is 14.9. The van der Waals surface area contributed by atoms with E-state index in [4.69, 9.17) is 4.74 Å². The van der Waals surface area contributed by atoms with E-state index in [2.05, 4.69) is 17.0 Å². The zero-order valence-corrected chi connectivity index (χ0v) is 12.9. The summed E-state index contributed by atoms with van der Waals surface area (Å²) in [5, 5.41) is 0. The predicted octanol–water partition coefficient (Wildman–Crippen LogP) is 1.74. The van der Waals surface area contributed by atoms with Crippen molar-refractivity contribution in [1.29, 1.82) is 0 Å². The van der Waals surface area contributed by atoms with E-state index in [-0.39, 0.29) is 5.82 Å². The molecule has 1 fully saturated rings. The van der Waals surface area contributed by atoms with E-state index in [1.807, 2.05) is 24.3 Å². The Kier molecular flexibility index (Phi) is 4.59. The number of benzene rings is 2. The van der Waals surface area contributed by atoms with Crippen LogP contribution in [0.15, 0.2) is 48.5 Å². The Morgan fingerprint density at radius 1 is 1.05 bits per heavy atom. The first-order valence-corrected chi connectivity index (χ1v) is 7.72. The number of methoxy groups -OCH3 is 1. The van der Waals surface area contributed by atoms with Crippen LogP contribution < -0.4 is 14.5 Å². The normalized spacial score (nSPS) is 15.8. The van der Waals surface area contributed by atoms with Gasteiger partial charge in [0.1, 0.15) is 18.1 Å². The average Bonchev–Trinajstić information content (AvgIpc) is 2.58. The van der Waals surface area contributed by atoms with Gasteiger partial charge in [-0.15, -0.1) is 0 Å². The molecule has 0 spiro atoms. The number of hydrogen-bond acceptors (Lipinski definition) is 2. The second-order valence-electron chi connectivity index (χ2n) is 5.71. The molecule has 116 valence electrons. The SMILES string of the molecule is COc1ccccc1N1CC[NH+](Cc2ccc(F)cc2)CC1. The molecule has 4 heteroatoms. The number of nitrogens with zero attached hydrogens (tertiary/aromatic N) is 1. The number of hydrogen-bond donors (Lipinski definition) is 1. The van der Waals surface area contributed by atoms with E-state index in [0.29, 0.717) is 0 Å². The summed E-state index contributed by atoms with van der Waals surface area (Å²) >= 11 is 0. The zero-order valence-electron chi connectivity index (χ0n) is 12.9. The lowest BCUT2D eigenvalue weighted by molar-refractivity contribution is -0.914. The quantitative estimate of drug-likeness (QED) is 0.926. The molecule has 1 heterocycles. The van der Waals surface area contributed by atoms with Crippen LogP contribution in [0.25, 0.3) is 0 Å². The molecule has 3 nitrogen and oxygen atoms in total. The van der Waals surface area contributed by atoms with E-state index < -0.39 is 0 Å². The van der Waals surface area contributed by atoms with Gasteiger partial charge in [0.25, 0.3) is 0 Å². The van der Waals surface area contributed by atoms with Crippen LogP contribution in [0.5, 0.6) is 5.75 Å². The number of halogens is 1. The molecule has 22 heavy (non-hydrogen) atoms. The third-order valence-corrected chi connectivity index (χ3v) is 4.26. The van der Waals surface area contributed by atoms with Gasteiger partial charge in [-0.1, -0.05) is 24.3 Å². The van der Waals surface area contributed by atoms with Gasteiger partial charge < -0.3 is 14.5 Å². The molecule has 0 radical (unpaired) electrons. The summed E-state index contributed by atoms with van der Waals surface area (Å²) in [5.74, 6) is 0.768. The molecular weight excluding hydrogens is 279 g/mol. The number of nitrogens with one attached hydrogen (secondary N) is 1. The number of piperazine rings is 1. The molecule has 0 atom stereocenters. The van der Waals surface area contributed by atoms with Crippen LogP contribution in [0.3, 0.4) is 0 Å². The predicted molar refractivity (Wildman–Crippen MR) is 86.0 cm³/mol. The van der Waals surface area contributed by atoms with Gasteiger partial charge in [0.2, 0.25) is 0 Å². The standard InChI is InChI=1S/C18H21FN2O/c1-22-18-5-3-2-4-17(18)21-12-10-20(11-13-21)14-15-6-8-16(19)9-7-15/h2-9H,10-14H2,1H3/p+1. The Morgan fingerprint density at radius 2 is 1.73 bits per heavy atom. The van der Waals surface area contributed by atoms with Crippen molar-refractivity contribution < 1.29 is 14.0 Å². The van der Waals surface area contributed by atoms with Crippen molar-refractivity contribution in [3.05, 3.63) is 59.9 Å². The van der Waals surface area contributed by atoms with Gasteiger partial charge in [-0.2, -0.15) is 0 Å². The fourth-order valence-electron chi connectivity index (χ4n) is 3.02. The van der Waals surface area contributed by atoms with Crippen LogP contribution in [-0.4, -0.2) is 33.3 Å². The number of para-hydroxylation sites is 2. The molecule has 1 aliphatic heterocycles. The molecule has 0 bridgehead atoms. The summed E-state index contributed by atoms with van der Waals surface area (Å²) in [5.41, 5.74) is 2.37. The fraction of sp³-hybridized carbons (Fsp3) is 0.333. The maximum Gasteiger partial charge on any atom is 0.142 e. The second-order valence-corrected chi connectivity index (χ2v) is 5.71. The summed E-state index contributed by atoms with van der Waals surface area (Å²) in [6.07, 6.45) is 0. The van der Waals surface area contributed by atoms with Gasteiger partial charge in [-0.25, -0.2) is 4.39 Å². The first-order valence-electron chi connectivity index (χ1n) is 7.72. The molecule has 1 aliphatic rings. The molecule has 0 amide bonds. The van der Waals surface area contributed by atoms with Crippen molar-refractivity contribution in [3.8, 4) is 5.75 Å². The van der Waals surface area contributed by atoms with E-state index in [9.17, 15) is 4.39 Å². The van der Waals surface area contributed by atoms with E-state index in [1.165, 1.54) is 16.2 Å². The number of ether oxygens (including phenoxy) is 1. The number of quaternary nitrogens is 1. The van der Waals surface area contributed by atoms with Crippen molar-refractivity contribution >= 4 is 5.69 Å². The van der Waals surface area contributed by atoms with Gasteiger partial charge in [0.15, 0.2) is 0 Å². The highest BCUT2D eigenvalue weighted by molar-refractivity contribution is 5.58. The molecular formula is C18H22FN2O+. The Balaban J connectivity index is 1.59. The lowest BCUT2D eigenvalue weighted by atomic mass is 10.2. The Bertz CT molecular complexity index is 607. The average molecular weight is 301 g/mol. The Labute approximate surface area is 130 Å². The van der Waals surface area contributed by atoms with Crippen LogP contribution >= 0.6 is 0 Å². The topological polar surface area (TPSA) is 16.9 Å². The molecule has 2 aromatic carbocycles. The summed E-state index contributed by atoms with van der Waals surface area (Å²) in [4.78, 5) is 3.92. The molecule has 0 saturated carbocycles. The minimum atomic E-state index is -0.167. The van der Waals surface area contributed by atoms with Crippen molar-refractivity contribution in [2.45, 2.75) is 6.54 Å². The number of anilines is 1. The first-order chi connectivity index (χ1) is 10.8. The van der Waals surface area contributed by atoms with Crippen LogP contribution in [0.1, 0.15) is 5.56 Å². The maximum absolute atomic E-state index is 13.0. The van der Waals surface area contributed by atoms with Crippen molar-refractivity contribution in [3.63, 3.8) is 0 Å². The van der Waals surface area contributed by atoms with Gasteiger partial charge in [0.05, 0.1) is 39.0 Å². The third-order valence-electron chi connectivity index (χ3n) is 4.26. The molecule has 2 aromatic rings. The van der Waals surface area contributed by atoms with Crippen molar-refractivity contribution in [1.82, 2.24) is 0 Å². The van der Waals surface area contributed by atoms with Gasteiger partial charge in [-0.05, 0) is 24.3 Å². The van der Waals surface area contributed by atoms with Crippen LogP contribution in [0.4, 0.5) is 10.1 Å². The van der Waals surface area contributed by atoms with Crippen LogP contribution in [0, 0.1) is 5.82 Å². The van der Waals surface area contributed by atoms with Crippen LogP contribution in [-0.2, 0) is 6.54 Å². The molecule has 3 rings (SSSR count). The van der Waals surface area contributed by atoms with Gasteiger partial charge >= 0.3 is 0 Å². The number of rotatable bonds is 4. The largest absolute Gasteiger partial charge is 0.495 e. The second kappa shape index (κ2) is 6.79. The molecule has 1 saturated heterocycles. The molecule has 0 unspecified atom stereocenters. The minimum absolute atomic E-state index is 0.167. The highest BCUT2D eigenvalue weighted by atomic mass is 19.1. The summed E-state index contributed by atoms with van der Waals surface area (Å²) in [6, 6.07) is 15.0. The van der Waals surface area contributed by atoms with E-state index in [1.54, 1.807) is 19.2 Å². The third kappa shape index (κ3) is 3.39. The summed E-state index contributed by atoms with van der Waals surface area (Å²) in [7, 11) is 1.72. The van der Waals surface area contributed by atoms with Gasteiger partial charge in [-0.3, -0.25) is 0 Å². The molecule has 0 aliphatic carbocycles. The van der Waals surface area contributed by atoms with Crippen molar-refractivity contribution in [2.24, 2.45) is 0 Å². The molecule has 1 N–H and O–H groups in total. The highest BCUT2D eigenvalue weighted by Crippen LogP contribution is 2.27. The molecule has 0 aromatic heterocycles. The lowest BCUT2D eigenvalue weighted by Crippen LogP contribution is -3.13. The lowest BCUT2D eigenvalue weighted by Gasteiger charge is -2.34. The Hall–Kier alpha value is -2.07. The zero-order chi connectivity index (χ0) is 15.4. The highest BCUT2D eigenvalue weighted by Gasteiger charge is 2.22. The fourth-order valence-corrected chi connectivity index (χ4v) is 3.02. The van der Waals surface area contributed by atoms with E-state index >= 15 is 0 Å². The van der Waals surface area contributed by atoms with Crippen LogP contribution in [0.2, 0.25) is 0 Å². The summed E-state index contributed by atoms with van der Waals surface area (Å²) < 4.78 is 18.4. The summed E-state index contributed by atoms with van der Waals surface area (Å²) in [6.45, 7) is 5.14. The Morgan fingerprint density at radius 3 is 2.41 bits per heavy atom.